The molecule has 1 aliphatic heterocycles. The van der Waals surface area contributed by atoms with Gasteiger partial charge >= 0.3 is 0 Å². The molecule has 0 spiro atoms. The minimum Gasteiger partial charge on any atom is -0.293 e. The lowest BCUT2D eigenvalue weighted by atomic mass is 10.1. The second-order valence-electron chi connectivity index (χ2n) is 2.88. The number of benzene rings is 1. The highest BCUT2D eigenvalue weighted by atomic mass is 32.2. The van der Waals surface area contributed by atoms with Crippen LogP contribution in [0.4, 0.5) is 0 Å². The van der Waals surface area contributed by atoms with Crippen LogP contribution in [-0.2, 0) is 0 Å². The molecule has 1 aliphatic rings. The maximum Gasteiger partial charge on any atom is 0.177 e. The number of Topliss-reactive ketones (excluding diaryl/α,β-unsaturated/α-hetero) is 1. The Bertz CT molecular complexity index is 319. The molecule has 0 amide bonds. The van der Waals surface area contributed by atoms with E-state index < -0.39 is 0 Å². The van der Waals surface area contributed by atoms with Gasteiger partial charge in [0.1, 0.15) is 0 Å². The van der Waals surface area contributed by atoms with E-state index in [0.29, 0.717) is 5.78 Å². The predicted molar refractivity (Wildman–Crippen MR) is 50.7 cm³/mol. The van der Waals surface area contributed by atoms with Gasteiger partial charge in [0.2, 0.25) is 0 Å². The van der Waals surface area contributed by atoms with Crippen LogP contribution < -0.4 is 0 Å². The van der Waals surface area contributed by atoms with Crippen molar-refractivity contribution in [1.29, 1.82) is 0 Å². The third-order valence-corrected chi connectivity index (χ3v) is 3.53. The van der Waals surface area contributed by atoms with Crippen molar-refractivity contribution in [2.45, 2.75) is 23.5 Å². The molecular formula is C10H10OS. The molecular weight excluding hydrogens is 168 g/mol. The van der Waals surface area contributed by atoms with Crippen molar-refractivity contribution in [1.82, 2.24) is 0 Å². The fraction of sp³-hybridized carbons (Fsp3) is 0.300. The highest BCUT2D eigenvalue weighted by Gasteiger charge is 2.28. The number of ketones is 1. The number of hydrogen-bond donors (Lipinski definition) is 0. The van der Waals surface area contributed by atoms with Gasteiger partial charge in [-0.25, -0.2) is 0 Å². The molecule has 0 saturated heterocycles. The second kappa shape index (κ2) is 2.94. The summed E-state index contributed by atoms with van der Waals surface area (Å²) in [5.74, 6) is 0.304. The number of rotatable bonds is 1. The first kappa shape index (κ1) is 7.87. The largest absolute Gasteiger partial charge is 0.293 e. The zero-order valence-electron chi connectivity index (χ0n) is 6.91. The van der Waals surface area contributed by atoms with E-state index >= 15 is 0 Å². The van der Waals surface area contributed by atoms with Crippen LogP contribution in [0.3, 0.4) is 0 Å². The van der Waals surface area contributed by atoms with Crippen LogP contribution in [0.15, 0.2) is 29.2 Å². The monoisotopic (exact) mass is 178 g/mol. The zero-order valence-corrected chi connectivity index (χ0v) is 7.73. The Labute approximate surface area is 76.2 Å². The van der Waals surface area contributed by atoms with E-state index in [1.807, 2.05) is 24.3 Å². The summed E-state index contributed by atoms with van der Waals surface area (Å²) in [4.78, 5) is 12.8. The quantitative estimate of drug-likeness (QED) is 0.657. The van der Waals surface area contributed by atoms with Gasteiger partial charge in [0.25, 0.3) is 0 Å². The van der Waals surface area contributed by atoms with Crippen molar-refractivity contribution in [2.24, 2.45) is 0 Å². The van der Waals surface area contributed by atoms with Crippen LogP contribution in [0.1, 0.15) is 23.7 Å². The lowest BCUT2D eigenvalue weighted by Gasteiger charge is -1.99. The Morgan fingerprint density at radius 3 is 2.83 bits per heavy atom. The van der Waals surface area contributed by atoms with Gasteiger partial charge in [-0.15, -0.1) is 11.8 Å². The molecule has 1 unspecified atom stereocenters. The van der Waals surface area contributed by atoms with E-state index in [4.69, 9.17) is 0 Å². The first-order chi connectivity index (χ1) is 5.83. The summed E-state index contributed by atoms with van der Waals surface area (Å²) in [7, 11) is 0. The fourth-order valence-corrected chi connectivity index (χ4v) is 2.58. The maximum absolute atomic E-state index is 11.6. The molecule has 1 aromatic carbocycles. The lowest BCUT2D eigenvalue weighted by Crippen LogP contribution is -2.09. The summed E-state index contributed by atoms with van der Waals surface area (Å²) in [6.07, 6.45) is 0.929. The molecule has 1 aromatic rings. The first-order valence-electron chi connectivity index (χ1n) is 4.13. The van der Waals surface area contributed by atoms with Crippen LogP contribution in [0, 0.1) is 0 Å². The van der Waals surface area contributed by atoms with Gasteiger partial charge < -0.3 is 0 Å². The topological polar surface area (TPSA) is 17.1 Å². The summed E-state index contributed by atoms with van der Waals surface area (Å²) in [5.41, 5.74) is 0.911. The Morgan fingerprint density at radius 2 is 2.17 bits per heavy atom. The van der Waals surface area contributed by atoms with E-state index in [9.17, 15) is 4.79 Å². The van der Waals surface area contributed by atoms with E-state index in [2.05, 4.69) is 6.92 Å². The van der Waals surface area contributed by atoms with Gasteiger partial charge in [0.15, 0.2) is 5.78 Å². The van der Waals surface area contributed by atoms with Gasteiger partial charge in [-0.3, -0.25) is 4.79 Å². The van der Waals surface area contributed by atoms with Gasteiger partial charge in [-0.2, -0.15) is 0 Å². The molecule has 0 bridgehead atoms. The predicted octanol–water partition coefficient (Wildman–Crippen LogP) is 2.75. The van der Waals surface area contributed by atoms with Crippen molar-refractivity contribution in [3.8, 4) is 0 Å². The number of carbonyl (C=O) groups is 1. The SMILES string of the molecule is CCC1Sc2ccccc2C1=O. The molecule has 62 valence electrons. The number of thioether (sulfide) groups is 1. The van der Waals surface area contributed by atoms with E-state index in [1.165, 1.54) is 0 Å². The summed E-state index contributed by atoms with van der Waals surface area (Å²) < 4.78 is 0. The Balaban J connectivity index is 2.42. The number of carbonyl (C=O) groups excluding carboxylic acids is 1. The number of hydrogen-bond acceptors (Lipinski definition) is 2. The Kier molecular flexibility index (Phi) is 1.93. The minimum absolute atomic E-state index is 0.169. The summed E-state index contributed by atoms with van der Waals surface area (Å²) in [6, 6.07) is 7.85. The molecule has 2 rings (SSSR count). The third-order valence-electron chi connectivity index (χ3n) is 2.08. The summed E-state index contributed by atoms with van der Waals surface area (Å²) >= 11 is 1.69. The Morgan fingerprint density at radius 1 is 1.42 bits per heavy atom. The van der Waals surface area contributed by atoms with Crippen LogP contribution in [0.2, 0.25) is 0 Å². The Hall–Kier alpha value is -0.760. The van der Waals surface area contributed by atoms with E-state index in [-0.39, 0.29) is 5.25 Å². The number of fused-ring (bicyclic) bond motifs is 1. The first-order valence-corrected chi connectivity index (χ1v) is 5.00. The molecule has 2 heteroatoms. The highest BCUT2D eigenvalue weighted by Crippen LogP contribution is 2.37. The summed E-state index contributed by atoms with van der Waals surface area (Å²) in [6.45, 7) is 2.06. The highest BCUT2D eigenvalue weighted by molar-refractivity contribution is 8.01. The van der Waals surface area contributed by atoms with Crippen LogP contribution >= 0.6 is 11.8 Å². The standard InChI is InChI=1S/C10H10OS/c1-2-8-10(11)7-5-3-4-6-9(7)12-8/h3-6,8H,2H2,1H3. The van der Waals surface area contributed by atoms with Crippen molar-refractivity contribution in [3.05, 3.63) is 29.8 Å². The van der Waals surface area contributed by atoms with Crippen molar-refractivity contribution in [3.63, 3.8) is 0 Å². The molecule has 1 nitrogen and oxygen atoms in total. The van der Waals surface area contributed by atoms with Crippen LogP contribution in [0.25, 0.3) is 0 Å². The van der Waals surface area contributed by atoms with Gasteiger partial charge in [-0.1, -0.05) is 25.1 Å². The molecule has 0 N–H and O–H groups in total. The molecule has 0 radical (unpaired) electrons. The molecule has 0 aliphatic carbocycles. The average Bonchev–Trinajstić information content (AvgIpc) is 2.44. The molecule has 0 aromatic heterocycles. The molecule has 12 heavy (non-hydrogen) atoms. The molecule has 0 fully saturated rings. The smallest absolute Gasteiger partial charge is 0.177 e. The van der Waals surface area contributed by atoms with Gasteiger partial charge in [-0.05, 0) is 12.5 Å². The second-order valence-corrected chi connectivity index (χ2v) is 4.12. The van der Waals surface area contributed by atoms with Crippen LogP contribution in [-0.4, -0.2) is 11.0 Å². The molecule has 1 heterocycles. The van der Waals surface area contributed by atoms with Gasteiger partial charge in [0.05, 0.1) is 5.25 Å². The van der Waals surface area contributed by atoms with Crippen molar-refractivity contribution in [2.75, 3.05) is 0 Å². The normalized spacial score (nSPS) is 21.1. The lowest BCUT2D eigenvalue weighted by molar-refractivity contribution is 0.0990. The summed E-state index contributed by atoms with van der Waals surface area (Å²) in [5, 5.41) is 0.169. The maximum atomic E-state index is 11.6. The van der Waals surface area contributed by atoms with Crippen molar-refractivity contribution >= 4 is 17.5 Å². The molecule has 0 saturated carbocycles. The van der Waals surface area contributed by atoms with E-state index in [1.54, 1.807) is 11.8 Å². The van der Waals surface area contributed by atoms with Gasteiger partial charge in [0, 0.05) is 10.5 Å². The average molecular weight is 178 g/mol. The fourth-order valence-electron chi connectivity index (χ4n) is 1.42. The van der Waals surface area contributed by atoms with Crippen LogP contribution in [0.5, 0.6) is 0 Å². The van der Waals surface area contributed by atoms with Crippen molar-refractivity contribution < 1.29 is 4.79 Å². The zero-order chi connectivity index (χ0) is 8.55. The third kappa shape index (κ3) is 1.07. The molecule has 1 atom stereocenters. The minimum atomic E-state index is 0.169. The van der Waals surface area contributed by atoms with E-state index in [0.717, 1.165) is 16.9 Å².